The third-order valence-electron chi connectivity index (χ3n) is 2.64. The van der Waals surface area contributed by atoms with E-state index in [-0.39, 0.29) is 22.7 Å². The van der Waals surface area contributed by atoms with Crippen LogP contribution in [0.5, 0.6) is 0 Å². The second-order valence-corrected chi connectivity index (χ2v) is 4.83. The first-order valence-electron chi connectivity index (χ1n) is 5.42. The molecule has 0 unspecified atom stereocenters. The Bertz CT molecular complexity index is 699. The van der Waals surface area contributed by atoms with E-state index in [0.717, 1.165) is 0 Å². The molecule has 1 heterocycles. The molecule has 1 aromatic heterocycles. The van der Waals surface area contributed by atoms with E-state index in [4.69, 9.17) is 29.6 Å². The van der Waals surface area contributed by atoms with Gasteiger partial charge in [0.15, 0.2) is 0 Å². The molecule has 2 N–H and O–H groups in total. The van der Waals surface area contributed by atoms with Gasteiger partial charge in [0.05, 0.1) is 12.1 Å². The van der Waals surface area contributed by atoms with Crippen LogP contribution in [0.25, 0.3) is 0 Å². The number of thiocarbonyl (C=S) groups is 1. The molecule has 2 aromatic rings. The van der Waals surface area contributed by atoms with E-state index in [9.17, 15) is 9.18 Å². The maximum atomic E-state index is 13.7. The van der Waals surface area contributed by atoms with Crippen molar-refractivity contribution in [2.24, 2.45) is 5.73 Å². The van der Waals surface area contributed by atoms with Gasteiger partial charge in [-0.3, -0.25) is 4.79 Å². The molecule has 3 nitrogen and oxygen atoms in total. The summed E-state index contributed by atoms with van der Waals surface area (Å²) in [4.78, 5) is 12.1. The molecule has 98 valence electrons. The number of pyridine rings is 1. The maximum absolute atomic E-state index is 13.7. The van der Waals surface area contributed by atoms with Gasteiger partial charge in [-0.05, 0) is 24.3 Å². The topological polar surface area (TPSA) is 48.0 Å². The second-order valence-electron chi connectivity index (χ2n) is 3.95. The van der Waals surface area contributed by atoms with Crippen molar-refractivity contribution >= 4 is 28.8 Å². The van der Waals surface area contributed by atoms with Crippen LogP contribution >= 0.6 is 23.8 Å². The number of benzene rings is 1. The number of nitrogens with zero attached hydrogens (tertiary/aromatic N) is 1. The van der Waals surface area contributed by atoms with Crippen LogP contribution in [0, 0.1) is 5.82 Å². The molecule has 0 amide bonds. The minimum atomic E-state index is -0.458. The summed E-state index contributed by atoms with van der Waals surface area (Å²) < 4.78 is 15.0. The predicted molar refractivity (Wildman–Crippen MR) is 77.1 cm³/mol. The lowest BCUT2D eigenvalue weighted by molar-refractivity contribution is 0.596. The third kappa shape index (κ3) is 3.00. The first kappa shape index (κ1) is 13.7. The summed E-state index contributed by atoms with van der Waals surface area (Å²) in [5.74, 6) is -0.458. The third-order valence-corrected chi connectivity index (χ3v) is 3.10. The zero-order chi connectivity index (χ0) is 14.0. The molecule has 0 radical (unpaired) electrons. The molecule has 0 aliphatic carbocycles. The van der Waals surface area contributed by atoms with Crippen molar-refractivity contribution in [2.75, 3.05) is 0 Å². The van der Waals surface area contributed by atoms with E-state index < -0.39 is 5.82 Å². The van der Waals surface area contributed by atoms with E-state index in [2.05, 4.69) is 0 Å². The molecular weight excluding hydrogens is 287 g/mol. The monoisotopic (exact) mass is 296 g/mol. The van der Waals surface area contributed by atoms with E-state index in [0.29, 0.717) is 10.6 Å². The Morgan fingerprint density at radius 2 is 2.16 bits per heavy atom. The van der Waals surface area contributed by atoms with E-state index in [1.807, 2.05) is 0 Å². The number of nitrogens with two attached hydrogens (primary N) is 1. The van der Waals surface area contributed by atoms with Crippen LogP contribution < -0.4 is 11.3 Å². The van der Waals surface area contributed by atoms with Crippen molar-refractivity contribution in [1.82, 2.24) is 4.57 Å². The largest absolute Gasteiger partial charge is 0.389 e. The van der Waals surface area contributed by atoms with Gasteiger partial charge in [-0.2, -0.15) is 0 Å². The average molecular weight is 297 g/mol. The highest BCUT2D eigenvalue weighted by Crippen LogP contribution is 2.15. The zero-order valence-electron chi connectivity index (χ0n) is 9.77. The molecular formula is C13H10ClFN2OS. The van der Waals surface area contributed by atoms with Crippen molar-refractivity contribution < 1.29 is 4.39 Å². The molecule has 0 saturated carbocycles. The molecule has 0 fully saturated rings. The van der Waals surface area contributed by atoms with Gasteiger partial charge in [-0.15, -0.1) is 0 Å². The smallest absolute Gasteiger partial charge is 0.261 e. The van der Waals surface area contributed by atoms with E-state index >= 15 is 0 Å². The van der Waals surface area contributed by atoms with Crippen LogP contribution in [0.4, 0.5) is 4.39 Å². The van der Waals surface area contributed by atoms with Crippen LogP contribution in [0.3, 0.4) is 0 Å². The molecule has 0 aliphatic rings. The fraction of sp³-hybridized carbons (Fsp3) is 0.0769. The van der Waals surface area contributed by atoms with Gasteiger partial charge in [0, 0.05) is 16.8 Å². The van der Waals surface area contributed by atoms with Crippen molar-refractivity contribution in [3.05, 3.63) is 68.8 Å². The van der Waals surface area contributed by atoms with Crippen molar-refractivity contribution in [1.29, 1.82) is 0 Å². The summed E-state index contributed by atoms with van der Waals surface area (Å²) in [6.45, 7) is 0.0955. The summed E-state index contributed by atoms with van der Waals surface area (Å²) in [7, 11) is 0. The van der Waals surface area contributed by atoms with E-state index in [1.54, 1.807) is 24.4 Å². The Morgan fingerprint density at radius 1 is 1.42 bits per heavy atom. The van der Waals surface area contributed by atoms with Gasteiger partial charge in [0.1, 0.15) is 10.8 Å². The fourth-order valence-electron chi connectivity index (χ4n) is 1.68. The molecule has 0 atom stereocenters. The zero-order valence-corrected chi connectivity index (χ0v) is 11.3. The Morgan fingerprint density at radius 3 is 2.79 bits per heavy atom. The van der Waals surface area contributed by atoms with Gasteiger partial charge < -0.3 is 10.3 Å². The Labute approximate surface area is 119 Å². The number of aromatic nitrogens is 1. The van der Waals surface area contributed by atoms with Crippen molar-refractivity contribution in [3.63, 3.8) is 0 Å². The molecule has 19 heavy (non-hydrogen) atoms. The van der Waals surface area contributed by atoms with E-state index in [1.165, 1.54) is 16.7 Å². The highest BCUT2D eigenvalue weighted by Gasteiger charge is 2.08. The summed E-state index contributed by atoms with van der Waals surface area (Å²) in [5.41, 5.74) is 5.72. The van der Waals surface area contributed by atoms with Gasteiger partial charge in [0.25, 0.3) is 5.56 Å². The summed E-state index contributed by atoms with van der Waals surface area (Å²) in [6, 6.07) is 7.50. The quantitative estimate of drug-likeness (QED) is 0.884. The molecule has 6 heteroatoms. The lowest BCUT2D eigenvalue weighted by atomic mass is 10.2. The minimum Gasteiger partial charge on any atom is -0.389 e. The van der Waals surface area contributed by atoms with Crippen molar-refractivity contribution in [2.45, 2.75) is 6.54 Å². The number of hydrogen-bond acceptors (Lipinski definition) is 2. The molecule has 0 bridgehead atoms. The fourth-order valence-corrected chi connectivity index (χ4v) is 2.00. The Hall–Kier alpha value is -1.72. The van der Waals surface area contributed by atoms with Gasteiger partial charge in [-0.25, -0.2) is 4.39 Å². The molecule has 0 saturated heterocycles. The predicted octanol–water partition coefficient (Wildman–Crippen LogP) is 2.32. The number of hydrogen-bond donors (Lipinski definition) is 1. The summed E-state index contributed by atoms with van der Waals surface area (Å²) in [5, 5.41) is 0.311. The number of halogens is 2. The molecule has 0 spiro atoms. The van der Waals surface area contributed by atoms with Crippen LogP contribution in [0.15, 0.2) is 41.3 Å². The minimum absolute atomic E-state index is 0.0240. The first-order chi connectivity index (χ1) is 8.99. The molecule has 2 rings (SSSR count). The number of rotatable bonds is 3. The van der Waals surface area contributed by atoms with Crippen molar-refractivity contribution in [3.8, 4) is 0 Å². The maximum Gasteiger partial charge on any atom is 0.261 e. The van der Waals surface area contributed by atoms with Crippen LogP contribution in [-0.4, -0.2) is 9.56 Å². The first-order valence-corrected chi connectivity index (χ1v) is 6.21. The normalized spacial score (nSPS) is 10.4. The highest BCUT2D eigenvalue weighted by atomic mass is 35.5. The lowest BCUT2D eigenvalue weighted by Crippen LogP contribution is -2.28. The van der Waals surface area contributed by atoms with Gasteiger partial charge >= 0.3 is 0 Å². The lowest BCUT2D eigenvalue weighted by Gasteiger charge is -2.08. The van der Waals surface area contributed by atoms with Crippen LogP contribution in [0.1, 0.15) is 11.1 Å². The summed E-state index contributed by atoms with van der Waals surface area (Å²) in [6.07, 6.45) is 1.55. The average Bonchev–Trinajstić information content (AvgIpc) is 2.34. The summed E-state index contributed by atoms with van der Waals surface area (Å²) >= 11 is 10.5. The van der Waals surface area contributed by atoms with Gasteiger partial charge in [-0.1, -0.05) is 29.9 Å². The molecule has 0 aliphatic heterocycles. The van der Waals surface area contributed by atoms with Crippen LogP contribution in [0.2, 0.25) is 5.02 Å². The van der Waals surface area contributed by atoms with Gasteiger partial charge in [0.2, 0.25) is 0 Å². The Kier molecular flexibility index (Phi) is 3.97. The SMILES string of the molecule is NC(=S)c1cccn(Cc2ccc(Cl)cc2F)c1=O. The second kappa shape index (κ2) is 5.50. The Balaban J connectivity index is 2.42. The van der Waals surface area contributed by atoms with Crippen LogP contribution in [-0.2, 0) is 6.54 Å². The highest BCUT2D eigenvalue weighted by molar-refractivity contribution is 7.80. The molecule has 1 aromatic carbocycles. The standard InChI is InChI=1S/C13H10ClFN2OS/c14-9-4-3-8(11(15)6-9)7-17-5-1-2-10(12(16)19)13(17)18/h1-6H,7H2,(H2,16,19).